The van der Waals surface area contributed by atoms with Crippen LogP contribution in [0.3, 0.4) is 0 Å². The van der Waals surface area contributed by atoms with Gasteiger partial charge in [0.25, 0.3) is 0 Å². The molecule has 8 aromatic carbocycles. The van der Waals surface area contributed by atoms with Crippen molar-refractivity contribution in [2.24, 2.45) is 0 Å². The molecule has 0 saturated carbocycles. The van der Waals surface area contributed by atoms with Crippen LogP contribution in [-0.2, 0) is 0 Å². The Labute approximate surface area is 330 Å². The van der Waals surface area contributed by atoms with Crippen LogP contribution in [0.1, 0.15) is 0 Å². The van der Waals surface area contributed by atoms with Crippen molar-refractivity contribution in [2.75, 3.05) is 0 Å². The molecule has 4 heterocycles. The van der Waals surface area contributed by atoms with Gasteiger partial charge < -0.3 is 8.98 Å². The first kappa shape index (κ1) is 31.9. The van der Waals surface area contributed by atoms with Crippen molar-refractivity contribution >= 4 is 75.3 Å². The molecule has 0 bridgehead atoms. The molecular weight excluding hydrogens is 717 g/mol. The molecule has 57 heavy (non-hydrogen) atoms. The molecule has 0 unspecified atom stereocenters. The minimum Gasteiger partial charge on any atom is -0.454 e. The monoisotopic (exact) mass is 746 g/mol. The Morgan fingerprint density at radius 1 is 0.421 bits per heavy atom. The summed E-state index contributed by atoms with van der Waals surface area (Å²) in [5.74, 6) is 1.82. The highest BCUT2D eigenvalue weighted by atomic mass is 32.1. The average Bonchev–Trinajstić information content (AvgIpc) is 3.96. The molecule has 0 aliphatic heterocycles. The van der Waals surface area contributed by atoms with E-state index < -0.39 is 0 Å². The number of thiophene rings is 1. The molecular formula is C51H30N4OS. The zero-order chi connectivity index (χ0) is 37.5. The Hall–Kier alpha value is -7.41. The second-order valence-electron chi connectivity index (χ2n) is 14.4. The van der Waals surface area contributed by atoms with E-state index in [4.69, 9.17) is 19.4 Å². The number of para-hydroxylation sites is 2. The van der Waals surface area contributed by atoms with Gasteiger partial charge in [-0.2, -0.15) is 0 Å². The van der Waals surface area contributed by atoms with E-state index in [2.05, 4.69) is 168 Å². The largest absolute Gasteiger partial charge is 0.454 e. The van der Waals surface area contributed by atoms with Gasteiger partial charge >= 0.3 is 0 Å². The van der Waals surface area contributed by atoms with Gasteiger partial charge in [0, 0.05) is 64.1 Å². The molecule has 5 nitrogen and oxygen atoms in total. The first-order valence-corrected chi connectivity index (χ1v) is 19.8. The van der Waals surface area contributed by atoms with Gasteiger partial charge in [-0.25, -0.2) is 15.0 Å². The molecule has 6 heteroatoms. The zero-order valence-electron chi connectivity index (χ0n) is 30.4. The molecule has 266 valence electrons. The van der Waals surface area contributed by atoms with E-state index >= 15 is 0 Å². The van der Waals surface area contributed by atoms with E-state index in [9.17, 15) is 0 Å². The summed E-state index contributed by atoms with van der Waals surface area (Å²) < 4.78 is 11.7. The van der Waals surface area contributed by atoms with Gasteiger partial charge in [-0.15, -0.1) is 11.3 Å². The topological polar surface area (TPSA) is 56.7 Å². The highest BCUT2D eigenvalue weighted by Gasteiger charge is 2.22. The molecule has 0 fully saturated rings. The van der Waals surface area contributed by atoms with Crippen molar-refractivity contribution in [1.82, 2.24) is 19.5 Å². The van der Waals surface area contributed by atoms with E-state index in [0.29, 0.717) is 17.5 Å². The molecule has 0 aliphatic carbocycles. The molecule has 12 rings (SSSR count). The normalized spacial score (nSPS) is 11.9. The maximum absolute atomic E-state index is 6.90. The Morgan fingerprint density at radius 3 is 1.91 bits per heavy atom. The van der Waals surface area contributed by atoms with Gasteiger partial charge in [0.1, 0.15) is 5.58 Å². The number of hydrogen-bond donors (Lipinski definition) is 0. The van der Waals surface area contributed by atoms with Gasteiger partial charge in [-0.1, -0.05) is 133 Å². The van der Waals surface area contributed by atoms with Crippen LogP contribution >= 0.6 is 11.3 Å². The molecule has 12 aromatic rings. The van der Waals surface area contributed by atoms with Gasteiger partial charge in [-0.3, -0.25) is 0 Å². The lowest BCUT2D eigenvalue weighted by Crippen LogP contribution is -2.00. The van der Waals surface area contributed by atoms with Gasteiger partial charge in [0.2, 0.25) is 0 Å². The van der Waals surface area contributed by atoms with Gasteiger partial charge in [0.15, 0.2) is 23.1 Å². The van der Waals surface area contributed by atoms with Crippen LogP contribution in [0.4, 0.5) is 0 Å². The summed E-state index contributed by atoms with van der Waals surface area (Å²) in [5.41, 5.74) is 9.84. The minimum absolute atomic E-state index is 0.591. The Kier molecular flexibility index (Phi) is 7.03. The number of benzene rings is 8. The third-order valence-electron chi connectivity index (χ3n) is 11.1. The third-order valence-corrected chi connectivity index (χ3v) is 12.2. The number of aromatic nitrogens is 4. The maximum Gasteiger partial charge on any atom is 0.164 e. The van der Waals surface area contributed by atoms with Crippen LogP contribution in [-0.4, -0.2) is 19.5 Å². The summed E-state index contributed by atoms with van der Waals surface area (Å²) in [6.07, 6.45) is 0. The maximum atomic E-state index is 6.90. The van der Waals surface area contributed by atoms with Gasteiger partial charge in [-0.05, 0) is 59.7 Å². The first-order chi connectivity index (χ1) is 28.2. The summed E-state index contributed by atoms with van der Waals surface area (Å²) >= 11 is 1.79. The van der Waals surface area contributed by atoms with Crippen molar-refractivity contribution in [3.8, 4) is 51.0 Å². The van der Waals surface area contributed by atoms with E-state index in [-0.39, 0.29) is 0 Å². The van der Waals surface area contributed by atoms with Crippen molar-refractivity contribution in [3.63, 3.8) is 0 Å². The van der Waals surface area contributed by atoms with Crippen LogP contribution in [0, 0.1) is 0 Å². The molecule has 4 aromatic heterocycles. The van der Waals surface area contributed by atoms with Crippen molar-refractivity contribution < 1.29 is 4.42 Å². The first-order valence-electron chi connectivity index (χ1n) is 19.0. The van der Waals surface area contributed by atoms with Crippen LogP contribution in [0.2, 0.25) is 0 Å². The van der Waals surface area contributed by atoms with Crippen LogP contribution in [0.15, 0.2) is 186 Å². The Morgan fingerprint density at radius 2 is 1.05 bits per heavy atom. The van der Waals surface area contributed by atoms with E-state index in [1.54, 1.807) is 11.3 Å². The predicted molar refractivity (Wildman–Crippen MR) is 236 cm³/mol. The van der Waals surface area contributed by atoms with E-state index in [1.165, 1.54) is 25.6 Å². The summed E-state index contributed by atoms with van der Waals surface area (Å²) in [4.78, 5) is 15.7. The zero-order valence-corrected chi connectivity index (χ0v) is 31.2. The van der Waals surface area contributed by atoms with Crippen molar-refractivity contribution in [2.45, 2.75) is 0 Å². The van der Waals surface area contributed by atoms with Crippen molar-refractivity contribution in [3.05, 3.63) is 182 Å². The Bertz CT molecular complexity index is 3530. The molecule has 0 amide bonds. The fourth-order valence-corrected chi connectivity index (χ4v) is 9.60. The number of rotatable bonds is 5. The third kappa shape index (κ3) is 5.04. The smallest absolute Gasteiger partial charge is 0.164 e. The molecule has 0 aliphatic rings. The molecule has 0 radical (unpaired) electrons. The van der Waals surface area contributed by atoms with Crippen LogP contribution in [0.5, 0.6) is 0 Å². The summed E-state index contributed by atoms with van der Waals surface area (Å²) in [7, 11) is 0. The number of hydrogen-bond acceptors (Lipinski definition) is 5. The lowest BCUT2D eigenvalue weighted by atomic mass is 10.0. The van der Waals surface area contributed by atoms with Gasteiger partial charge in [0.05, 0.1) is 11.0 Å². The second-order valence-corrected chi connectivity index (χ2v) is 15.5. The molecule has 0 N–H and O–H groups in total. The van der Waals surface area contributed by atoms with Crippen molar-refractivity contribution in [1.29, 1.82) is 0 Å². The number of nitrogens with zero attached hydrogens (tertiary/aromatic N) is 4. The lowest BCUT2D eigenvalue weighted by molar-refractivity contribution is 0.671. The fourth-order valence-electron chi connectivity index (χ4n) is 8.45. The summed E-state index contributed by atoms with van der Waals surface area (Å²) in [5, 5.41) is 6.80. The lowest BCUT2D eigenvalue weighted by Gasteiger charge is -2.10. The average molecular weight is 747 g/mol. The summed E-state index contributed by atoms with van der Waals surface area (Å²) in [6.45, 7) is 0. The second kappa shape index (κ2) is 12.6. The number of fused-ring (bicyclic) bond motifs is 10. The van der Waals surface area contributed by atoms with E-state index in [1.807, 2.05) is 18.2 Å². The SMILES string of the molecule is c1ccc(-c2cccc(-c3nc(-c4ccc5c(c4)sc4ccccc45)nc(-c4cccc5oc6c(ccc7c8ccccc8n(-c8ccccc8)c76)c45)n3)c2)cc1. The molecule has 0 saturated heterocycles. The quantitative estimate of drug-likeness (QED) is 0.176. The fraction of sp³-hybridized carbons (Fsp3) is 0. The standard InChI is InChI=1S/C51H30N4OS/c1-3-13-31(14-4-1)32-15-11-16-33(29-32)49-52-50(34-25-26-38-37-20-8-10-24-44(37)57-45(38)30-34)54-51(53-49)41-21-12-23-43-46(41)40-28-27-39-36-19-7-9-22-42(36)55(47(39)48(40)56-43)35-17-5-2-6-18-35/h1-30H. The van der Waals surface area contributed by atoms with Crippen LogP contribution < -0.4 is 0 Å². The molecule has 0 atom stereocenters. The summed E-state index contributed by atoms with van der Waals surface area (Å²) in [6, 6.07) is 63.7. The van der Waals surface area contributed by atoms with E-state index in [0.717, 1.165) is 71.9 Å². The molecule has 0 spiro atoms. The van der Waals surface area contributed by atoms with Crippen LogP contribution in [0.25, 0.3) is 115 Å². The Balaban J connectivity index is 1.11. The number of furan rings is 1. The predicted octanol–water partition coefficient (Wildman–Crippen LogP) is 13.9. The highest BCUT2D eigenvalue weighted by molar-refractivity contribution is 7.25. The minimum atomic E-state index is 0.591. The highest BCUT2D eigenvalue weighted by Crippen LogP contribution is 2.43.